The van der Waals surface area contributed by atoms with Crippen molar-refractivity contribution in [3.63, 3.8) is 0 Å². The van der Waals surface area contributed by atoms with E-state index in [4.69, 9.17) is 5.73 Å². The van der Waals surface area contributed by atoms with E-state index < -0.39 is 0 Å². The van der Waals surface area contributed by atoms with E-state index in [1.54, 1.807) is 11.9 Å². The van der Waals surface area contributed by atoms with Gasteiger partial charge < -0.3 is 20.7 Å². The maximum absolute atomic E-state index is 6.22. The molecule has 1 heterocycles. The fourth-order valence-electron chi connectivity index (χ4n) is 3.28. The number of nitrogens with two attached hydrogens (primary N) is 1. The third kappa shape index (κ3) is 7.01. The van der Waals surface area contributed by atoms with Crippen LogP contribution in [0.15, 0.2) is 83.8 Å². The minimum Gasteiger partial charge on any atom is -0.397 e. The smallest absolute Gasteiger partial charge is 0.0575 e. The molecule has 0 spiro atoms. The van der Waals surface area contributed by atoms with Gasteiger partial charge in [-0.25, -0.2) is 0 Å². The Bertz CT molecular complexity index is 880. The van der Waals surface area contributed by atoms with Crippen LogP contribution < -0.4 is 20.7 Å². The van der Waals surface area contributed by atoms with Gasteiger partial charge in [-0.15, -0.1) is 0 Å². The number of anilines is 3. The van der Waals surface area contributed by atoms with Crippen molar-refractivity contribution in [2.45, 2.75) is 18.2 Å². The highest BCUT2D eigenvalue weighted by molar-refractivity contribution is 8.00. The predicted molar refractivity (Wildman–Crippen MR) is 132 cm³/mol. The van der Waals surface area contributed by atoms with E-state index in [2.05, 4.69) is 77.4 Å². The van der Waals surface area contributed by atoms with Crippen LogP contribution in [-0.2, 0) is 0 Å². The number of nitrogens with one attached hydrogen (secondary N) is 2. The number of hydrogen-bond acceptors (Lipinski definition) is 5. The summed E-state index contributed by atoms with van der Waals surface area (Å²) in [6.07, 6.45) is 1.24. The molecule has 4 nitrogen and oxygen atoms in total. The SMILES string of the molecule is CN(Sc1ccccc1)c1ccc(NCC2CCNC2)c(N)c1.Cc1ccccc1. The fourth-order valence-corrected chi connectivity index (χ4v) is 4.09. The molecule has 0 bridgehead atoms. The Morgan fingerprint density at radius 3 is 2.30 bits per heavy atom. The number of benzene rings is 3. The monoisotopic (exact) mass is 420 g/mol. The molecule has 0 aromatic heterocycles. The van der Waals surface area contributed by atoms with Gasteiger partial charge in [0, 0.05) is 24.2 Å². The molecule has 0 saturated carbocycles. The lowest BCUT2D eigenvalue weighted by atomic mass is 10.1. The summed E-state index contributed by atoms with van der Waals surface area (Å²) in [5, 5.41) is 6.87. The second kappa shape index (κ2) is 11.5. The van der Waals surface area contributed by atoms with Gasteiger partial charge in [0.1, 0.15) is 0 Å². The first kappa shape index (κ1) is 22.1. The van der Waals surface area contributed by atoms with Crippen molar-refractivity contribution in [2.24, 2.45) is 5.92 Å². The second-order valence-electron chi connectivity index (χ2n) is 7.57. The molecule has 3 aromatic rings. The van der Waals surface area contributed by atoms with Gasteiger partial charge in [0.05, 0.1) is 11.4 Å². The Labute approximate surface area is 185 Å². The van der Waals surface area contributed by atoms with Crippen LogP contribution in [0, 0.1) is 12.8 Å². The van der Waals surface area contributed by atoms with Crippen LogP contribution in [0.25, 0.3) is 0 Å². The average molecular weight is 421 g/mol. The fraction of sp³-hybridized carbons (Fsp3) is 0.280. The molecule has 1 aliphatic heterocycles. The quantitative estimate of drug-likeness (QED) is 0.367. The largest absolute Gasteiger partial charge is 0.397 e. The number of nitrogen functional groups attached to an aromatic ring is 1. The maximum atomic E-state index is 6.22. The van der Waals surface area contributed by atoms with Gasteiger partial charge in [0.25, 0.3) is 0 Å². The summed E-state index contributed by atoms with van der Waals surface area (Å²) in [4.78, 5) is 1.21. The first-order valence-electron chi connectivity index (χ1n) is 10.4. The molecule has 4 N–H and O–H groups in total. The van der Waals surface area contributed by atoms with E-state index in [1.807, 2.05) is 30.3 Å². The summed E-state index contributed by atoms with van der Waals surface area (Å²) >= 11 is 1.69. The summed E-state index contributed by atoms with van der Waals surface area (Å²) < 4.78 is 2.14. The van der Waals surface area contributed by atoms with Crippen LogP contribution in [0.5, 0.6) is 0 Å². The maximum Gasteiger partial charge on any atom is 0.0575 e. The zero-order valence-corrected chi connectivity index (χ0v) is 18.7. The Morgan fingerprint density at radius 2 is 1.73 bits per heavy atom. The lowest BCUT2D eigenvalue weighted by Gasteiger charge is -2.20. The van der Waals surface area contributed by atoms with Gasteiger partial charge in [0.2, 0.25) is 0 Å². The number of rotatable bonds is 6. The number of aryl methyl sites for hydroxylation is 1. The van der Waals surface area contributed by atoms with E-state index in [1.165, 1.54) is 16.9 Å². The van der Waals surface area contributed by atoms with Crippen molar-refractivity contribution in [2.75, 3.05) is 42.0 Å². The van der Waals surface area contributed by atoms with E-state index in [9.17, 15) is 0 Å². The molecule has 1 saturated heterocycles. The van der Waals surface area contributed by atoms with Gasteiger partial charge in [-0.3, -0.25) is 0 Å². The molecule has 1 aliphatic rings. The van der Waals surface area contributed by atoms with Gasteiger partial charge in [-0.2, -0.15) is 0 Å². The molecule has 158 valence electrons. The molecular formula is C25H32N4S. The van der Waals surface area contributed by atoms with Gasteiger partial charge in [-0.1, -0.05) is 54.1 Å². The average Bonchev–Trinajstić information content (AvgIpc) is 3.28. The Balaban J connectivity index is 0.000000310. The van der Waals surface area contributed by atoms with Crippen molar-refractivity contribution in [1.29, 1.82) is 0 Å². The highest BCUT2D eigenvalue weighted by Gasteiger charge is 2.14. The first-order valence-corrected chi connectivity index (χ1v) is 11.2. The molecule has 1 unspecified atom stereocenters. The summed E-state index contributed by atoms with van der Waals surface area (Å²) in [5.74, 6) is 0.699. The normalized spacial score (nSPS) is 15.2. The third-order valence-corrected chi connectivity index (χ3v) is 6.04. The predicted octanol–water partition coefficient (Wildman–Crippen LogP) is 5.43. The summed E-state index contributed by atoms with van der Waals surface area (Å²) in [5.41, 5.74) is 10.5. The molecule has 1 atom stereocenters. The van der Waals surface area contributed by atoms with Gasteiger partial charge >= 0.3 is 0 Å². The first-order chi connectivity index (χ1) is 14.6. The van der Waals surface area contributed by atoms with E-state index in [0.29, 0.717) is 5.92 Å². The lowest BCUT2D eigenvalue weighted by Crippen LogP contribution is -2.17. The molecule has 4 rings (SSSR count). The van der Waals surface area contributed by atoms with Crippen molar-refractivity contribution in [3.8, 4) is 0 Å². The number of hydrogen-bond donors (Lipinski definition) is 3. The highest BCUT2D eigenvalue weighted by Crippen LogP contribution is 2.31. The second-order valence-corrected chi connectivity index (χ2v) is 8.77. The standard InChI is InChI=1S/C18H24N4S.C7H8/c1-22(23-16-5-3-2-4-6-16)15-7-8-18(17(19)11-15)21-13-14-9-10-20-12-14;1-7-5-3-2-4-6-7/h2-8,11,14,20-21H,9-10,12-13,19H2,1H3;2-6H,1H3. The molecule has 0 amide bonds. The lowest BCUT2D eigenvalue weighted by molar-refractivity contribution is 0.615. The van der Waals surface area contributed by atoms with Crippen molar-refractivity contribution >= 4 is 29.0 Å². The third-order valence-electron chi connectivity index (χ3n) is 5.07. The van der Waals surface area contributed by atoms with Gasteiger partial charge in [-0.05, 0) is 74.6 Å². The highest BCUT2D eigenvalue weighted by atomic mass is 32.2. The minimum atomic E-state index is 0.699. The summed E-state index contributed by atoms with van der Waals surface area (Å²) in [7, 11) is 2.06. The zero-order chi connectivity index (χ0) is 21.2. The van der Waals surface area contributed by atoms with Crippen LogP contribution in [0.3, 0.4) is 0 Å². The van der Waals surface area contributed by atoms with Crippen LogP contribution in [0.2, 0.25) is 0 Å². The zero-order valence-electron chi connectivity index (χ0n) is 17.8. The summed E-state index contributed by atoms with van der Waals surface area (Å²) in [6.45, 7) is 5.29. The molecule has 5 heteroatoms. The molecule has 3 aromatic carbocycles. The molecule has 0 radical (unpaired) electrons. The molecule has 30 heavy (non-hydrogen) atoms. The van der Waals surface area contributed by atoms with Crippen LogP contribution in [0.4, 0.5) is 17.1 Å². The van der Waals surface area contributed by atoms with Crippen molar-refractivity contribution < 1.29 is 0 Å². The topological polar surface area (TPSA) is 53.3 Å². The molecular weight excluding hydrogens is 388 g/mol. The van der Waals surface area contributed by atoms with Crippen LogP contribution in [-0.4, -0.2) is 26.7 Å². The Morgan fingerprint density at radius 1 is 1.03 bits per heavy atom. The van der Waals surface area contributed by atoms with Crippen molar-refractivity contribution in [1.82, 2.24) is 5.32 Å². The van der Waals surface area contributed by atoms with E-state index in [-0.39, 0.29) is 0 Å². The van der Waals surface area contributed by atoms with E-state index in [0.717, 1.165) is 36.7 Å². The summed E-state index contributed by atoms with van der Waals surface area (Å²) in [6, 6.07) is 26.8. The van der Waals surface area contributed by atoms with Crippen LogP contribution >= 0.6 is 11.9 Å². The molecule has 1 fully saturated rings. The molecule has 0 aliphatic carbocycles. The van der Waals surface area contributed by atoms with Gasteiger partial charge in [0.15, 0.2) is 0 Å². The Hall–Kier alpha value is -2.63. The van der Waals surface area contributed by atoms with E-state index >= 15 is 0 Å². The van der Waals surface area contributed by atoms with Crippen molar-refractivity contribution in [3.05, 3.63) is 84.4 Å². The Kier molecular flexibility index (Phi) is 8.48. The minimum absolute atomic E-state index is 0.699. The van der Waals surface area contributed by atoms with Crippen LogP contribution in [0.1, 0.15) is 12.0 Å². The number of nitrogens with zero attached hydrogens (tertiary/aromatic N) is 1.